The highest BCUT2D eigenvalue weighted by atomic mass is 35.5. The summed E-state index contributed by atoms with van der Waals surface area (Å²) in [4.78, 5) is 12.5. The molecule has 0 aromatic heterocycles. The van der Waals surface area contributed by atoms with Crippen molar-refractivity contribution in [1.82, 2.24) is 4.90 Å². The first-order valence-corrected chi connectivity index (χ1v) is 5.71. The van der Waals surface area contributed by atoms with Crippen molar-refractivity contribution >= 4 is 17.6 Å². The topological polar surface area (TPSA) is 49.8 Å². The van der Waals surface area contributed by atoms with Crippen LogP contribution in [0.5, 0.6) is 5.75 Å². The monoisotopic (exact) mass is 257 g/mol. The lowest BCUT2D eigenvalue weighted by atomic mass is 10.2. The summed E-state index contributed by atoms with van der Waals surface area (Å²) in [5.74, 6) is -0.167. The molecule has 0 amide bonds. The number of nitrogens with zero attached hydrogens (tertiary/aromatic N) is 1. The first-order chi connectivity index (χ1) is 8.08. The standard InChI is InChI=1S/C12H16ClNO3/c1-3-14(8-12(15)16)7-9-10(13)5-4-6-11(9)17-2/h4-6H,3,7-8H2,1-2H3,(H,15,16). The van der Waals surface area contributed by atoms with Crippen LogP contribution < -0.4 is 4.74 Å². The third kappa shape index (κ3) is 3.91. The molecule has 0 aliphatic heterocycles. The molecule has 0 heterocycles. The van der Waals surface area contributed by atoms with E-state index in [0.717, 1.165) is 5.56 Å². The first-order valence-electron chi connectivity index (χ1n) is 5.34. The molecule has 0 bridgehead atoms. The van der Waals surface area contributed by atoms with E-state index in [9.17, 15) is 4.79 Å². The van der Waals surface area contributed by atoms with Gasteiger partial charge in [-0.3, -0.25) is 9.69 Å². The summed E-state index contributed by atoms with van der Waals surface area (Å²) in [7, 11) is 1.57. The maximum Gasteiger partial charge on any atom is 0.317 e. The zero-order valence-corrected chi connectivity index (χ0v) is 10.7. The molecule has 1 aromatic rings. The number of likely N-dealkylation sites (N-methyl/N-ethyl adjacent to an activating group) is 1. The van der Waals surface area contributed by atoms with Crippen LogP contribution in [0.4, 0.5) is 0 Å². The van der Waals surface area contributed by atoms with Crippen molar-refractivity contribution in [2.45, 2.75) is 13.5 Å². The van der Waals surface area contributed by atoms with Crippen LogP contribution in [0.15, 0.2) is 18.2 Å². The molecule has 1 rings (SSSR count). The number of benzene rings is 1. The van der Waals surface area contributed by atoms with Crippen molar-refractivity contribution in [3.63, 3.8) is 0 Å². The van der Waals surface area contributed by atoms with Crippen LogP contribution in [0.2, 0.25) is 5.02 Å². The third-order valence-electron chi connectivity index (χ3n) is 2.48. The second kappa shape index (κ2) is 6.47. The molecule has 0 atom stereocenters. The molecule has 0 aliphatic rings. The molecule has 0 aliphatic carbocycles. The van der Waals surface area contributed by atoms with Crippen LogP contribution in [0, 0.1) is 0 Å². The molecule has 5 heteroatoms. The smallest absolute Gasteiger partial charge is 0.317 e. The summed E-state index contributed by atoms with van der Waals surface area (Å²) >= 11 is 6.09. The van der Waals surface area contributed by atoms with Crippen molar-refractivity contribution < 1.29 is 14.6 Å². The Labute approximate surface area is 106 Å². The first kappa shape index (κ1) is 13.8. The molecule has 4 nitrogen and oxygen atoms in total. The third-order valence-corrected chi connectivity index (χ3v) is 2.84. The normalized spacial score (nSPS) is 10.6. The molecule has 0 saturated heterocycles. The Morgan fingerprint density at radius 3 is 2.76 bits per heavy atom. The Bertz CT molecular complexity index is 395. The Hall–Kier alpha value is -1.26. The molecule has 1 N–H and O–H groups in total. The Morgan fingerprint density at radius 2 is 2.24 bits per heavy atom. The highest BCUT2D eigenvalue weighted by Crippen LogP contribution is 2.27. The average molecular weight is 258 g/mol. The molecular formula is C12H16ClNO3. The second-order valence-electron chi connectivity index (χ2n) is 3.62. The van der Waals surface area contributed by atoms with Gasteiger partial charge in [0.15, 0.2) is 0 Å². The van der Waals surface area contributed by atoms with Gasteiger partial charge in [0.25, 0.3) is 0 Å². The molecular weight excluding hydrogens is 242 g/mol. The van der Waals surface area contributed by atoms with Gasteiger partial charge in [-0.1, -0.05) is 24.6 Å². The Kier molecular flexibility index (Phi) is 5.25. The van der Waals surface area contributed by atoms with Gasteiger partial charge in [-0.2, -0.15) is 0 Å². The summed E-state index contributed by atoms with van der Waals surface area (Å²) in [5, 5.41) is 9.37. The fourth-order valence-corrected chi connectivity index (χ4v) is 1.80. The molecule has 0 radical (unpaired) electrons. The van der Waals surface area contributed by atoms with E-state index in [1.165, 1.54) is 0 Å². The van der Waals surface area contributed by atoms with Crippen LogP contribution in [-0.4, -0.2) is 36.2 Å². The molecule has 0 unspecified atom stereocenters. The fraction of sp³-hybridized carbons (Fsp3) is 0.417. The lowest BCUT2D eigenvalue weighted by molar-refractivity contribution is -0.138. The van der Waals surface area contributed by atoms with Gasteiger partial charge in [0.1, 0.15) is 5.75 Å². The van der Waals surface area contributed by atoms with Gasteiger partial charge in [0, 0.05) is 17.1 Å². The Morgan fingerprint density at radius 1 is 1.53 bits per heavy atom. The number of carboxylic acids is 1. The zero-order valence-electron chi connectivity index (χ0n) is 9.94. The number of hydrogen-bond donors (Lipinski definition) is 1. The van der Waals surface area contributed by atoms with Gasteiger partial charge in [0.05, 0.1) is 13.7 Å². The van der Waals surface area contributed by atoms with E-state index in [-0.39, 0.29) is 6.54 Å². The summed E-state index contributed by atoms with van der Waals surface area (Å²) in [6, 6.07) is 5.39. The van der Waals surface area contributed by atoms with Crippen LogP contribution in [0.1, 0.15) is 12.5 Å². The minimum Gasteiger partial charge on any atom is -0.496 e. The predicted octanol–water partition coefficient (Wildman–Crippen LogP) is 2.26. The van der Waals surface area contributed by atoms with E-state index in [2.05, 4.69) is 0 Å². The van der Waals surface area contributed by atoms with Crippen LogP contribution in [0.3, 0.4) is 0 Å². The predicted molar refractivity (Wildman–Crippen MR) is 66.6 cm³/mol. The number of ether oxygens (including phenoxy) is 1. The van der Waals surface area contributed by atoms with Gasteiger partial charge in [-0.25, -0.2) is 0 Å². The second-order valence-corrected chi connectivity index (χ2v) is 4.02. The van der Waals surface area contributed by atoms with Crippen molar-refractivity contribution in [3.8, 4) is 5.75 Å². The Balaban J connectivity index is 2.88. The minimum absolute atomic E-state index is 0.00905. The van der Waals surface area contributed by atoms with E-state index in [0.29, 0.717) is 23.9 Å². The molecule has 94 valence electrons. The van der Waals surface area contributed by atoms with E-state index < -0.39 is 5.97 Å². The summed E-state index contributed by atoms with van der Waals surface area (Å²) < 4.78 is 5.22. The zero-order chi connectivity index (χ0) is 12.8. The summed E-state index contributed by atoms with van der Waals surface area (Å²) in [6.45, 7) is 3.00. The number of carbonyl (C=O) groups is 1. The van der Waals surface area contributed by atoms with Gasteiger partial charge in [-0.05, 0) is 18.7 Å². The van der Waals surface area contributed by atoms with Crippen molar-refractivity contribution in [2.75, 3.05) is 20.2 Å². The molecule has 0 fully saturated rings. The molecule has 0 saturated carbocycles. The lowest BCUT2D eigenvalue weighted by Crippen LogP contribution is -2.29. The van der Waals surface area contributed by atoms with Crippen molar-refractivity contribution in [2.24, 2.45) is 0 Å². The number of rotatable bonds is 6. The van der Waals surface area contributed by atoms with E-state index in [1.54, 1.807) is 24.1 Å². The van der Waals surface area contributed by atoms with E-state index in [1.807, 2.05) is 13.0 Å². The molecule has 1 aromatic carbocycles. The van der Waals surface area contributed by atoms with E-state index in [4.69, 9.17) is 21.4 Å². The van der Waals surface area contributed by atoms with Crippen molar-refractivity contribution in [1.29, 1.82) is 0 Å². The largest absolute Gasteiger partial charge is 0.496 e. The summed E-state index contributed by atoms with van der Waals surface area (Å²) in [5.41, 5.74) is 0.819. The quantitative estimate of drug-likeness (QED) is 0.849. The highest BCUT2D eigenvalue weighted by Gasteiger charge is 2.13. The lowest BCUT2D eigenvalue weighted by Gasteiger charge is -2.20. The maximum atomic E-state index is 10.7. The van der Waals surface area contributed by atoms with Gasteiger partial charge < -0.3 is 9.84 Å². The number of halogens is 1. The van der Waals surface area contributed by atoms with Crippen LogP contribution >= 0.6 is 11.6 Å². The van der Waals surface area contributed by atoms with Crippen LogP contribution in [-0.2, 0) is 11.3 Å². The van der Waals surface area contributed by atoms with E-state index >= 15 is 0 Å². The van der Waals surface area contributed by atoms with Gasteiger partial charge in [0.2, 0.25) is 0 Å². The van der Waals surface area contributed by atoms with Crippen LogP contribution in [0.25, 0.3) is 0 Å². The fourth-order valence-electron chi connectivity index (χ4n) is 1.58. The number of methoxy groups -OCH3 is 1. The van der Waals surface area contributed by atoms with Gasteiger partial charge >= 0.3 is 5.97 Å². The average Bonchev–Trinajstić information content (AvgIpc) is 2.29. The number of aliphatic carboxylic acids is 1. The molecule has 17 heavy (non-hydrogen) atoms. The minimum atomic E-state index is -0.849. The highest BCUT2D eigenvalue weighted by molar-refractivity contribution is 6.31. The number of hydrogen-bond acceptors (Lipinski definition) is 3. The molecule has 0 spiro atoms. The SMILES string of the molecule is CCN(CC(=O)O)Cc1c(Cl)cccc1OC. The summed E-state index contributed by atoms with van der Waals surface area (Å²) in [6.07, 6.45) is 0. The van der Waals surface area contributed by atoms with Crippen molar-refractivity contribution in [3.05, 3.63) is 28.8 Å². The number of carboxylic acid groups (broad SMARTS) is 1. The van der Waals surface area contributed by atoms with Gasteiger partial charge in [-0.15, -0.1) is 0 Å². The maximum absolute atomic E-state index is 10.7.